The number of hydrogen-bond acceptors (Lipinski definition) is 5. The standard InChI is InChI=1S/C26H19NO5/c1-31-18-13-11-17(12-14-18)24(28)22-23(21-10-5-15-32-21)27(26(30)25(22)29)20-9-4-7-16-6-2-3-8-19(16)20/h2-15,23,28H,1H3/b24-22-. The van der Waals surface area contributed by atoms with Gasteiger partial charge in [0.25, 0.3) is 11.7 Å². The quantitative estimate of drug-likeness (QED) is 0.281. The van der Waals surface area contributed by atoms with E-state index >= 15 is 0 Å². The largest absolute Gasteiger partial charge is 0.507 e. The number of anilines is 1. The van der Waals surface area contributed by atoms with Crippen LogP contribution in [0.1, 0.15) is 17.4 Å². The van der Waals surface area contributed by atoms with Crippen LogP contribution in [-0.2, 0) is 9.59 Å². The van der Waals surface area contributed by atoms with Crippen LogP contribution in [-0.4, -0.2) is 23.9 Å². The summed E-state index contributed by atoms with van der Waals surface area (Å²) in [5.41, 5.74) is 0.946. The number of aliphatic hydroxyl groups excluding tert-OH is 1. The number of ether oxygens (including phenoxy) is 1. The minimum Gasteiger partial charge on any atom is -0.507 e. The lowest BCUT2D eigenvalue weighted by molar-refractivity contribution is -0.132. The van der Waals surface area contributed by atoms with Crippen LogP contribution in [0.5, 0.6) is 5.75 Å². The van der Waals surface area contributed by atoms with E-state index in [-0.39, 0.29) is 11.3 Å². The van der Waals surface area contributed by atoms with E-state index in [1.807, 2.05) is 36.4 Å². The summed E-state index contributed by atoms with van der Waals surface area (Å²) >= 11 is 0. The van der Waals surface area contributed by atoms with Crippen molar-refractivity contribution in [2.45, 2.75) is 6.04 Å². The van der Waals surface area contributed by atoms with Gasteiger partial charge in [-0.15, -0.1) is 0 Å². The number of methoxy groups -OCH3 is 1. The first-order valence-electron chi connectivity index (χ1n) is 10.1. The second kappa shape index (κ2) is 7.74. The van der Waals surface area contributed by atoms with Gasteiger partial charge in [-0.3, -0.25) is 14.5 Å². The number of ketones is 1. The minimum absolute atomic E-state index is 0.0250. The zero-order valence-corrected chi connectivity index (χ0v) is 17.2. The molecule has 6 nitrogen and oxygen atoms in total. The number of amides is 1. The number of furan rings is 1. The van der Waals surface area contributed by atoms with E-state index in [0.717, 1.165) is 10.8 Å². The van der Waals surface area contributed by atoms with Crippen molar-refractivity contribution in [2.75, 3.05) is 12.0 Å². The van der Waals surface area contributed by atoms with Crippen molar-refractivity contribution in [3.63, 3.8) is 0 Å². The topological polar surface area (TPSA) is 80.0 Å². The van der Waals surface area contributed by atoms with Gasteiger partial charge in [-0.25, -0.2) is 0 Å². The van der Waals surface area contributed by atoms with Gasteiger partial charge in [-0.05, 0) is 47.9 Å². The van der Waals surface area contributed by atoms with E-state index in [2.05, 4.69) is 0 Å². The molecule has 1 atom stereocenters. The summed E-state index contributed by atoms with van der Waals surface area (Å²) in [4.78, 5) is 27.9. The molecule has 32 heavy (non-hydrogen) atoms. The number of benzene rings is 3. The highest BCUT2D eigenvalue weighted by Gasteiger charge is 2.48. The van der Waals surface area contributed by atoms with Gasteiger partial charge in [-0.1, -0.05) is 36.4 Å². The van der Waals surface area contributed by atoms with Gasteiger partial charge in [0.15, 0.2) is 0 Å². The maximum atomic E-state index is 13.3. The highest BCUT2D eigenvalue weighted by atomic mass is 16.5. The normalized spacial score (nSPS) is 17.8. The van der Waals surface area contributed by atoms with Crippen LogP contribution in [0.15, 0.2) is 95.1 Å². The van der Waals surface area contributed by atoms with Crippen LogP contribution < -0.4 is 9.64 Å². The number of rotatable bonds is 4. The monoisotopic (exact) mass is 425 g/mol. The Kier molecular flexibility index (Phi) is 4.75. The fourth-order valence-electron chi connectivity index (χ4n) is 4.12. The summed E-state index contributed by atoms with van der Waals surface area (Å²) in [5.74, 6) is -0.770. The molecule has 1 amide bonds. The molecule has 5 rings (SSSR count). The number of fused-ring (bicyclic) bond motifs is 1. The Labute approximate surface area is 184 Å². The molecule has 1 saturated heterocycles. The number of Topliss-reactive ketones (excluding diaryl/α,β-unsaturated/α-hetero) is 1. The summed E-state index contributed by atoms with van der Waals surface area (Å²) in [6, 6.07) is 22.3. The molecule has 3 aromatic carbocycles. The minimum atomic E-state index is -0.905. The van der Waals surface area contributed by atoms with Crippen molar-refractivity contribution in [2.24, 2.45) is 0 Å². The lowest BCUT2D eigenvalue weighted by atomic mass is 9.98. The van der Waals surface area contributed by atoms with Gasteiger partial charge in [0.05, 0.1) is 24.6 Å². The fraction of sp³-hybridized carbons (Fsp3) is 0.0769. The van der Waals surface area contributed by atoms with Crippen molar-refractivity contribution in [3.05, 3.63) is 102 Å². The van der Waals surface area contributed by atoms with Gasteiger partial charge in [-0.2, -0.15) is 0 Å². The van der Waals surface area contributed by atoms with Crippen LogP contribution in [0.2, 0.25) is 0 Å². The average Bonchev–Trinajstić information content (AvgIpc) is 3.45. The van der Waals surface area contributed by atoms with Crippen molar-refractivity contribution in [1.82, 2.24) is 0 Å². The molecule has 158 valence electrons. The first kappa shape index (κ1) is 19.6. The van der Waals surface area contributed by atoms with Gasteiger partial charge >= 0.3 is 0 Å². The molecule has 1 N–H and O–H groups in total. The van der Waals surface area contributed by atoms with E-state index in [4.69, 9.17) is 9.15 Å². The molecule has 0 aliphatic carbocycles. The Morgan fingerprint density at radius 1 is 0.938 bits per heavy atom. The molecule has 0 bridgehead atoms. The summed E-state index contributed by atoms with van der Waals surface area (Å²) in [7, 11) is 1.54. The fourth-order valence-corrected chi connectivity index (χ4v) is 4.12. The summed E-state index contributed by atoms with van der Waals surface area (Å²) in [6.07, 6.45) is 1.48. The molecule has 1 unspecified atom stereocenters. The lowest BCUT2D eigenvalue weighted by Crippen LogP contribution is -2.29. The van der Waals surface area contributed by atoms with E-state index in [0.29, 0.717) is 22.8 Å². The third kappa shape index (κ3) is 3.04. The van der Waals surface area contributed by atoms with Crippen LogP contribution >= 0.6 is 0 Å². The predicted molar refractivity (Wildman–Crippen MR) is 120 cm³/mol. The number of nitrogens with zero attached hydrogens (tertiary/aromatic N) is 1. The first-order valence-corrected chi connectivity index (χ1v) is 10.1. The van der Waals surface area contributed by atoms with Crippen molar-refractivity contribution >= 4 is 33.9 Å². The molecule has 1 aliphatic heterocycles. The van der Waals surface area contributed by atoms with Crippen LogP contribution in [0, 0.1) is 0 Å². The second-order valence-electron chi connectivity index (χ2n) is 7.41. The van der Waals surface area contributed by atoms with Gasteiger partial charge in [0.1, 0.15) is 23.3 Å². The smallest absolute Gasteiger partial charge is 0.300 e. The molecule has 0 radical (unpaired) electrons. The zero-order valence-electron chi connectivity index (χ0n) is 17.2. The third-order valence-corrected chi connectivity index (χ3v) is 5.65. The molecule has 0 saturated carbocycles. The molecular weight excluding hydrogens is 406 g/mol. The Bertz CT molecular complexity index is 1350. The molecule has 0 spiro atoms. The van der Waals surface area contributed by atoms with Crippen LogP contribution in [0.3, 0.4) is 0 Å². The van der Waals surface area contributed by atoms with Gasteiger partial charge in [0.2, 0.25) is 0 Å². The molecule has 6 heteroatoms. The molecule has 2 heterocycles. The number of hydrogen-bond donors (Lipinski definition) is 1. The van der Waals surface area contributed by atoms with E-state index < -0.39 is 17.7 Å². The Morgan fingerprint density at radius 2 is 1.69 bits per heavy atom. The van der Waals surface area contributed by atoms with E-state index in [1.165, 1.54) is 11.2 Å². The Hall–Kier alpha value is -4.32. The highest BCUT2D eigenvalue weighted by Crippen LogP contribution is 2.44. The van der Waals surface area contributed by atoms with Gasteiger partial charge < -0.3 is 14.3 Å². The predicted octanol–water partition coefficient (Wildman–Crippen LogP) is 5.07. The maximum absolute atomic E-state index is 13.3. The summed E-state index contributed by atoms with van der Waals surface area (Å²) in [6.45, 7) is 0. The summed E-state index contributed by atoms with van der Waals surface area (Å²) < 4.78 is 10.8. The van der Waals surface area contributed by atoms with Crippen molar-refractivity contribution < 1.29 is 23.8 Å². The van der Waals surface area contributed by atoms with Crippen molar-refractivity contribution in [1.29, 1.82) is 0 Å². The SMILES string of the molecule is COc1ccc(/C(O)=C2/C(=O)C(=O)N(c3cccc4ccccc34)C2c2ccco2)cc1. The third-order valence-electron chi connectivity index (χ3n) is 5.65. The maximum Gasteiger partial charge on any atom is 0.300 e. The first-order chi connectivity index (χ1) is 15.6. The Balaban J connectivity index is 1.73. The van der Waals surface area contributed by atoms with Crippen LogP contribution in [0.25, 0.3) is 16.5 Å². The number of carbonyl (C=O) groups is 2. The number of aliphatic hydroxyl groups is 1. The van der Waals surface area contributed by atoms with Crippen LogP contribution in [0.4, 0.5) is 5.69 Å². The second-order valence-corrected chi connectivity index (χ2v) is 7.41. The highest BCUT2D eigenvalue weighted by molar-refractivity contribution is 6.52. The molecule has 4 aromatic rings. The average molecular weight is 425 g/mol. The van der Waals surface area contributed by atoms with Crippen molar-refractivity contribution in [3.8, 4) is 5.75 Å². The molecule has 1 fully saturated rings. The molecule has 1 aromatic heterocycles. The lowest BCUT2D eigenvalue weighted by Gasteiger charge is -2.24. The molecule has 1 aliphatic rings. The van der Waals surface area contributed by atoms with E-state index in [1.54, 1.807) is 49.6 Å². The van der Waals surface area contributed by atoms with E-state index in [9.17, 15) is 14.7 Å². The molecular formula is C26H19NO5. The summed E-state index contributed by atoms with van der Waals surface area (Å²) in [5, 5.41) is 12.9. The number of carbonyl (C=O) groups excluding carboxylic acids is 2. The van der Waals surface area contributed by atoms with Gasteiger partial charge in [0, 0.05) is 10.9 Å². The zero-order chi connectivity index (χ0) is 22.2. The Morgan fingerprint density at radius 3 is 2.41 bits per heavy atom.